The van der Waals surface area contributed by atoms with Crippen molar-refractivity contribution in [1.82, 2.24) is 15.7 Å². The van der Waals surface area contributed by atoms with Crippen LogP contribution in [0.4, 0.5) is 0 Å². The highest BCUT2D eigenvalue weighted by Crippen LogP contribution is 2.20. The van der Waals surface area contributed by atoms with Crippen LogP contribution < -0.4 is 10.8 Å². The Labute approximate surface area is 190 Å². The van der Waals surface area contributed by atoms with Crippen molar-refractivity contribution in [3.8, 4) is 0 Å². The molecule has 1 fully saturated rings. The molecule has 3 atom stereocenters. The van der Waals surface area contributed by atoms with E-state index in [0.29, 0.717) is 19.4 Å². The molecule has 2 rings (SSSR count). The van der Waals surface area contributed by atoms with E-state index in [2.05, 4.69) is 22.6 Å². The van der Waals surface area contributed by atoms with Crippen molar-refractivity contribution in [1.29, 1.82) is 0 Å². The fourth-order valence-corrected chi connectivity index (χ4v) is 4.20. The lowest BCUT2D eigenvalue weighted by atomic mass is 9.95. The Morgan fingerprint density at radius 2 is 1.97 bits per heavy atom. The number of carbonyl (C=O) groups is 3. The van der Waals surface area contributed by atoms with E-state index < -0.39 is 12.0 Å². The van der Waals surface area contributed by atoms with E-state index in [1.54, 1.807) is 4.90 Å². The predicted octanol–water partition coefficient (Wildman–Crippen LogP) is 1.96. The van der Waals surface area contributed by atoms with Crippen LogP contribution in [0.3, 0.4) is 0 Å². The second-order valence-corrected chi connectivity index (χ2v) is 8.39. The third kappa shape index (κ3) is 7.91. The van der Waals surface area contributed by atoms with Gasteiger partial charge in [-0.1, -0.05) is 56.5 Å². The number of nitrogens with one attached hydrogen (secondary N) is 2. The van der Waals surface area contributed by atoms with Gasteiger partial charge in [0, 0.05) is 25.3 Å². The lowest BCUT2D eigenvalue weighted by molar-refractivity contribution is -0.140. The summed E-state index contributed by atoms with van der Waals surface area (Å²) in [5.41, 5.74) is 3.21. The zero-order valence-electron chi connectivity index (χ0n) is 19.2. The topological polar surface area (TPSA) is 108 Å². The minimum absolute atomic E-state index is 0.00137. The molecule has 1 aromatic rings. The molecule has 8 nitrogen and oxygen atoms in total. The van der Waals surface area contributed by atoms with E-state index in [9.17, 15) is 19.5 Å². The number of hydrogen-bond acceptors (Lipinski definition) is 5. The number of hydroxylamine groups is 1. The third-order valence-corrected chi connectivity index (χ3v) is 5.94. The van der Waals surface area contributed by atoms with Crippen molar-refractivity contribution < 1.29 is 24.3 Å². The van der Waals surface area contributed by atoms with Gasteiger partial charge < -0.3 is 15.3 Å². The maximum atomic E-state index is 13.4. The number of carbonyl (C=O) groups excluding carboxylic acids is 3. The molecule has 0 saturated carbocycles. The molecule has 3 N–H and O–H groups in total. The Kier molecular flexibility index (Phi) is 11.2. The molecule has 0 aromatic heterocycles. The molecule has 178 valence electrons. The maximum Gasteiger partial charge on any atom is 0.245 e. The minimum Gasteiger partial charge on any atom is -0.394 e. The molecule has 0 radical (unpaired) electrons. The molecule has 0 spiro atoms. The third-order valence-electron chi connectivity index (χ3n) is 5.94. The van der Waals surface area contributed by atoms with Crippen molar-refractivity contribution in [2.75, 3.05) is 20.3 Å². The van der Waals surface area contributed by atoms with Crippen LogP contribution >= 0.6 is 0 Å². The summed E-state index contributed by atoms with van der Waals surface area (Å²) in [7, 11) is 1.35. The first kappa shape index (κ1) is 25.8. The summed E-state index contributed by atoms with van der Waals surface area (Å²) >= 11 is 0. The Morgan fingerprint density at radius 3 is 2.62 bits per heavy atom. The maximum absolute atomic E-state index is 13.4. The second kappa shape index (κ2) is 13.9. The Hall–Kier alpha value is -2.45. The van der Waals surface area contributed by atoms with Crippen molar-refractivity contribution in [3.63, 3.8) is 0 Å². The molecule has 3 amide bonds. The number of unbranched alkanes of at least 4 members (excludes halogenated alkanes) is 2. The van der Waals surface area contributed by atoms with Crippen LogP contribution in [0.15, 0.2) is 30.3 Å². The molecule has 8 heteroatoms. The second-order valence-electron chi connectivity index (χ2n) is 8.39. The van der Waals surface area contributed by atoms with Crippen LogP contribution in [0, 0.1) is 5.92 Å². The first-order valence-corrected chi connectivity index (χ1v) is 11.6. The number of hydrogen-bond donors (Lipinski definition) is 3. The monoisotopic (exact) mass is 447 g/mol. The molecule has 32 heavy (non-hydrogen) atoms. The summed E-state index contributed by atoms with van der Waals surface area (Å²) in [5.74, 6) is -1.40. The Morgan fingerprint density at radius 1 is 1.22 bits per heavy atom. The molecule has 0 bridgehead atoms. The predicted molar refractivity (Wildman–Crippen MR) is 121 cm³/mol. The van der Waals surface area contributed by atoms with E-state index in [1.165, 1.54) is 7.11 Å². The van der Waals surface area contributed by atoms with Gasteiger partial charge in [-0.2, -0.15) is 0 Å². The van der Waals surface area contributed by atoms with E-state index >= 15 is 0 Å². The molecular formula is C24H37N3O5. The van der Waals surface area contributed by atoms with Gasteiger partial charge in [0.2, 0.25) is 17.7 Å². The van der Waals surface area contributed by atoms with E-state index in [-0.39, 0.29) is 36.8 Å². The molecule has 1 aromatic carbocycles. The molecule has 1 heterocycles. The smallest absolute Gasteiger partial charge is 0.245 e. The number of amides is 3. The summed E-state index contributed by atoms with van der Waals surface area (Å²) in [6, 6.07) is 8.57. The van der Waals surface area contributed by atoms with Gasteiger partial charge in [0.05, 0.1) is 19.8 Å². The Bertz CT molecular complexity index is 728. The quantitative estimate of drug-likeness (QED) is 0.316. The average Bonchev–Trinajstić information content (AvgIpc) is 3.27. The lowest BCUT2D eigenvalue weighted by Crippen LogP contribution is -2.53. The van der Waals surface area contributed by atoms with Crippen LogP contribution in [0.5, 0.6) is 0 Å². The standard InChI is InChI=1S/C24H37N3O5/c1-3-4-6-12-19(16-22(29)26-32-2)23(30)25-21(15-18-10-7-5-8-11-18)24(31)27-14-9-13-20(27)17-28/h5,7-8,10-11,19-21,28H,3-4,6,9,12-17H2,1-2H3,(H,25,30)(H,26,29)/t19-,20-,21-/m0/s1. The first-order valence-electron chi connectivity index (χ1n) is 11.6. The molecule has 0 aliphatic carbocycles. The van der Waals surface area contributed by atoms with Gasteiger partial charge in [-0.3, -0.25) is 19.2 Å². The van der Waals surface area contributed by atoms with Gasteiger partial charge in [0.25, 0.3) is 0 Å². The molecule has 0 unspecified atom stereocenters. The fraction of sp³-hybridized carbons (Fsp3) is 0.625. The van der Waals surface area contributed by atoms with Crippen molar-refractivity contribution in [3.05, 3.63) is 35.9 Å². The number of aliphatic hydroxyl groups excluding tert-OH is 1. The minimum atomic E-state index is -0.754. The van der Waals surface area contributed by atoms with E-state index in [1.807, 2.05) is 30.3 Å². The number of rotatable bonds is 13. The van der Waals surface area contributed by atoms with Gasteiger partial charge in [-0.15, -0.1) is 0 Å². The van der Waals surface area contributed by atoms with Crippen LogP contribution in [0.25, 0.3) is 0 Å². The summed E-state index contributed by atoms with van der Waals surface area (Å²) in [6.07, 6.45) is 5.30. The molecule has 1 saturated heterocycles. The zero-order valence-corrected chi connectivity index (χ0v) is 19.2. The molecule has 1 aliphatic rings. The summed E-state index contributed by atoms with van der Waals surface area (Å²) in [6.45, 7) is 2.56. The SMILES string of the molecule is CCCCC[C@@H](CC(=O)NOC)C(=O)N[C@@H](Cc1ccccc1)C(=O)N1CCC[C@H]1CO. The highest BCUT2D eigenvalue weighted by molar-refractivity contribution is 5.91. The largest absolute Gasteiger partial charge is 0.394 e. The normalized spacial score (nSPS) is 17.6. The van der Waals surface area contributed by atoms with Gasteiger partial charge in [-0.05, 0) is 24.8 Å². The van der Waals surface area contributed by atoms with Crippen molar-refractivity contribution in [2.24, 2.45) is 5.92 Å². The number of aliphatic hydroxyl groups is 1. The van der Waals surface area contributed by atoms with Crippen LogP contribution in [0.1, 0.15) is 57.4 Å². The average molecular weight is 448 g/mol. The van der Waals surface area contributed by atoms with Gasteiger partial charge in [0.1, 0.15) is 6.04 Å². The van der Waals surface area contributed by atoms with Crippen LogP contribution in [0.2, 0.25) is 0 Å². The van der Waals surface area contributed by atoms with Gasteiger partial charge >= 0.3 is 0 Å². The summed E-state index contributed by atoms with van der Waals surface area (Å²) in [5, 5.41) is 12.6. The lowest BCUT2D eigenvalue weighted by Gasteiger charge is -2.29. The number of benzene rings is 1. The Balaban J connectivity index is 2.17. The molecular weight excluding hydrogens is 410 g/mol. The highest BCUT2D eigenvalue weighted by Gasteiger charge is 2.34. The van der Waals surface area contributed by atoms with Crippen molar-refractivity contribution in [2.45, 2.75) is 70.4 Å². The van der Waals surface area contributed by atoms with E-state index in [4.69, 9.17) is 0 Å². The number of nitrogens with zero attached hydrogens (tertiary/aromatic N) is 1. The van der Waals surface area contributed by atoms with Crippen LogP contribution in [-0.2, 0) is 25.6 Å². The van der Waals surface area contributed by atoms with Gasteiger partial charge in [0.15, 0.2) is 0 Å². The summed E-state index contributed by atoms with van der Waals surface area (Å²) in [4.78, 5) is 45.0. The highest BCUT2D eigenvalue weighted by atomic mass is 16.6. The summed E-state index contributed by atoms with van der Waals surface area (Å²) < 4.78 is 0. The van der Waals surface area contributed by atoms with Crippen molar-refractivity contribution >= 4 is 17.7 Å². The molecule has 1 aliphatic heterocycles. The van der Waals surface area contributed by atoms with Crippen LogP contribution in [-0.4, -0.2) is 60.1 Å². The van der Waals surface area contributed by atoms with Gasteiger partial charge in [-0.25, -0.2) is 5.48 Å². The number of likely N-dealkylation sites (tertiary alicyclic amines) is 1. The van der Waals surface area contributed by atoms with E-state index in [0.717, 1.165) is 37.7 Å². The fourth-order valence-electron chi connectivity index (χ4n) is 4.20. The first-order chi connectivity index (χ1) is 15.5. The zero-order chi connectivity index (χ0) is 23.3.